The molecule has 4 nitrogen and oxygen atoms in total. The zero-order chi connectivity index (χ0) is 19.3. The van der Waals surface area contributed by atoms with E-state index < -0.39 is 10.0 Å². The van der Waals surface area contributed by atoms with Gasteiger partial charge in [0, 0.05) is 19.6 Å². The molecule has 0 radical (unpaired) electrons. The number of benzene rings is 2. The van der Waals surface area contributed by atoms with E-state index >= 15 is 0 Å². The van der Waals surface area contributed by atoms with Gasteiger partial charge in [-0.25, -0.2) is 13.1 Å². The summed E-state index contributed by atoms with van der Waals surface area (Å²) in [6.45, 7) is 7.65. The number of piperidine rings is 1. The van der Waals surface area contributed by atoms with Crippen LogP contribution in [0.5, 0.6) is 0 Å². The molecule has 2 aromatic carbocycles. The lowest BCUT2D eigenvalue weighted by Crippen LogP contribution is -2.40. The van der Waals surface area contributed by atoms with Crippen molar-refractivity contribution in [3.8, 4) is 0 Å². The summed E-state index contributed by atoms with van der Waals surface area (Å²) in [7, 11) is -3.45. The number of nitrogens with one attached hydrogen (secondary N) is 1. The second-order valence-corrected chi connectivity index (χ2v) is 9.57. The largest absolute Gasteiger partial charge is 0.299 e. The molecule has 0 aromatic heterocycles. The number of hydrogen-bond donors (Lipinski definition) is 1. The third kappa shape index (κ3) is 5.64. The van der Waals surface area contributed by atoms with E-state index in [1.54, 1.807) is 12.1 Å². The maximum absolute atomic E-state index is 12.6. The number of hydrogen-bond acceptors (Lipinski definition) is 3. The fourth-order valence-electron chi connectivity index (χ4n) is 3.65. The van der Waals surface area contributed by atoms with Crippen molar-refractivity contribution in [1.29, 1.82) is 0 Å². The van der Waals surface area contributed by atoms with Crippen LogP contribution in [0.1, 0.15) is 43.7 Å². The molecule has 1 unspecified atom stereocenters. The van der Waals surface area contributed by atoms with E-state index in [1.807, 2.05) is 18.2 Å². The molecule has 5 heteroatoms. The molecular formula is C22H30N2O2S. The number of rotatable bonds is 7. The summed E-state index contributed by atoms with van der Waals surface area (Å²) in [4.78, 5) is 2.78. The van der Waals surface area contributed by atoms with Crippen LogP contribution in [0, 0.1) is 5.92 Å². The smallest absolute Gasteiger partial charge is 0.240 e. The molecule has 0 saturated carbocycles. The van der Waals surface area contributed by atoms with Crippen LogP contribution in [0.3, 0.4) is 0 Å². The molecule has 1 heterocycles. The van der Waals surface area contributed by atoms with Crippen LogP contribution in [0.25, 0.3) is 0 Å². The van der Waals surface area contributed by atoms with Crippen LogP contribution in [0.15, 0.2) is 59.5 Å². The Hall–Kier alpha value is -1.69. The first kappa shape index (κ1) is 20.1. The fourth-order valence-corrected chi connectivity index (χ4v) is 4.76. The maximum Gasteiger partial charge on any atom is 0.240 e. The van der Waals surface area contributed by atoms with Gasteiger partial charge in [0.25, 0.3) is 0 Å². The second-order valence-electron chi connectivity index (χ2n) is 7.80. The molecule has 3 rings (SSSR count). The van der Waals surface area contributed by atoms with E-state index in [-0.39, 0.29) is 0 Å². The minimum atomic E-state index is -3.45. The van der Waals surface area contributed by atoms with Crippen molar-refractivity contribution in [2.24, 2.45) is 5.92 Å². The van der Waals surface area contributed by atoms with Gasteiger partial charge in [-0.1, -0.05) is 56.3 Å². The highest BCUT2D eigenvalue weighted by Gasteiger charge is 2.22. The molecule has 146 valence electrons. The lowest BCUT2D eigenvalue weighted by atomic mass is 9.98. The summed E-state index contributed by atoms with van der Waals surface area (Å²) in [5.74, 6) is 0.750. The Labute approximate surface area is 163 Å². The van der Waals surface area contributed by atoms with Crippen molar-refractivity contribution in [3.05, 3.63) is 65.7 Å². The monoisotopic (exact) mass is 386 g/mol. The predicted molar refractivity (Wildman–Crippen MR) is 110 cm³/mol. The first-order valence-electron chi connectivity index (χ1n) is 9.80. The van der Waals surface area contributed by atoms with Crippen LogP contribution in [-0.2, 0) is 16.6 Å². The molecule has 1 aliphatic rings. The Kier molecular flexibility index (Phi) is 6.68. The summed E-state index contributed by atoms with van der Waals surface area (Å²) in [6, 6.07) is 17.7. The van der Waals surface area contributed by atoms with Crippen molar-refractivity contribution in [2.45, 2.75) is 44.0 Å². The van der Waals surface area contributed by atoms with E-state index in [0.717, 1.165) is 38.0 Å². The molecule has 0 aliphatic carbocycles. The third-order valence-corrected chi connectivity index (χ3v) is 6.71. The van der Waals surface area contributed by atoms with Gasteiger partial charge in [-0.05, 0) is 54.5 Å². The van der Waals surface area contributed by atoms with E-state index in [9.17, 15) is 8.42 Å². The Bertz CT molecular complexity index is 817. The zero-order valence-electron chi connectivity index (χ0n) is 16.3. The van der Waals surface area contributed by atoms with Gasteiger partial charge >= 0.3 is 0 Å². The number of nitrogens with zero attached hydrogens (tertiary/aromatic N) is 1. The zero-order valence-corrected chi connectivity index (χ0v) is 17.1. The van der Waals surface area contributed by atoms with Crippen molar-refractivity contribution >= 4 is 10.0 Å². The van der Waals surface area contributed by atoms with E-state index in [4.69, 9.17) is 0 Å². The van der Waals surface area contributed by atoms with Gasteiger partial charge in [-0.2, -0.15) is 0 Å². The van der Waals surface area contributed by atoms with Crippen LogP contribution >= 0.6 is 0 Å². The lowest BCUT2D eigenvalue weighted by Gasteiger charge is -2.32. The summed E-state index contributed by atoms with van der Waals surface area (Å²) in [5, 5.41) is 0. The minimum absolute atomic E-state index is 0.351. The van der Waals surface area contributed by atoms with Gasteiger partial charge < -0.3 is 0 Å². The van der Waals surface area contributed by atoms with Gasteiger partial charge in [0.1, 0.15) is 0 Å². The molecule has 0 bridgehead atoms. The molecule has 0 amide bonds. The van der Waals surface area contributed by atoms with Crippen LogP contribution in [0.4, 0.5) is 0 Å². The van der Waals surface area contributed by atoms with Gasteiger partial charge in [-0.15, -0.1) is 0 Å². The van der Waals surface area contributed by atoms with Gasteiger partial charge in [0.15, 0.2) is 0 Å². The van der Waals surface area contributed by atoms with Crippen molar-refractivity contribution < 1.29 is 8.42 Å². The first-order valence-corrected chi connectivity index (χ1v) is 11.3. The summed E-state index contributed by atoms with van der Waals surface area (Å²) in [5.41, 5.74) is 2.46. The quantitative estimate of drug-likeness (QED) is 0.782. The topological polar surface area (TPSA) is 49.4 Å². The fraction of sp³-hybridized carbons (Fsp3) is 0.455. The Morgan fingerprint density at radius 3 is 2.44 bits per heavy atom. The summed E-state index contributed by atoms with van der Waals surface area (Å²) < 4.78 is 28.0. The van der Waals surface area contributed by atoms with Gasteiger partial charge in [-0.3, -0.25) is 4.90 Å². The molecule has 27 heavy (non-hydrogen) atoms. The van der Waals surface area contributed by atoms with Gasteiger partial charge in [0.05, 0.1) is 4.90 Å². The van der Waals surface area contributed by atoms with Crippen LogP contribution in [-0.4, -0.2) is 33.0 Å². The SMILES string of the molecule is CC(C)c1ccc(S(=O)(=O)NCC2CCCN(Cc3ccccc3)C2)cc1. The predicted octanol–water partition coefficient (Wildman–Crippen LogP) is 4.00. The molecule has 1 N–H and O–H groups in total. The summed E-state index contributed by atoms with van der Waals surface area (Å²) >= 11 is 0. The molecule has 1 saturated heterocycles. The van der Waals surface area contributed by atoms with E-state index in [1.165, 1.54) is 5.56 Å². The molecule has 1 atom stereocenters. The van der Waals surface area contributed by atoms with Crippen molar-refractivity contribution in [2.75, 3.05) is 19.6 Å². The highest BCUT2D eigenvalue weighted by molar-refractivity contribution is 7.89. The molecule has 1 aliphatic heterocycles. The average Bonchev–Trinajstić information content (AvgIpc) is 2.68. The highest BCUT2D eigenvalue weighted by atomic mass is 32.2. The van der Waals surface area contributed by atoms with E-state index in [0.29, 0.717) is 23.3 Å². The Morgan fingerprint density at radius 1 is 1.07 bits per heavy atom. The second kappa shape index (κ2) is 9.00. The Balaban J connectivity index is 1.55. The minimum Gasteiger partial charge on any atom is -0.299 e. The van der Waals surface area contributed by atoms with Crippen LogP contribution < -0.4 is 4.72 Å². The van der Waals surface area contributed by atoms with Crippen molar-refractivity contribution in [3.63, 3.8) is 0 Å². The molecule has 1 fully saturated rings. The first-order chi connectivity index (χ1) is 12.9. The number of likely N-dealkylation sites (tertiary alicyclic amines) is 1. The van der Waals surface area contributed by atoms with Crippen molar-refractivity contribution in [1.82, 2.24) is 9.62 Å². The maximum atomic E-state index is 12.6. The summed E-state index contributed by atoms with van der Waals surface area (Å²) in [6.07, 6.45) is 2.18. The highest BCUT2D eigenvalue weighted by Crippen LogP contribution is 2.20. The third-order valence-electron chi connectivity index (χ3n) is 5.27. The normalized spacial score (nSPS) is 18.7. The lowest BCUT2D eigenvalue weighted by molar-refractivity contribution is 0.169. The van der Waals surface area contributed by atoms with E-state index in [2.05, 4.69) is 47.7 Å². The van der Waals surface area contributed by atoms with Crippen LogP contribution in [0.2, 0.25) is 0 Å². The molecule has 2 aromatic rings. The molecule has 0 spiro atoms. The number of sulfonamides is 1. The van der Waals surface area contributed by atoms with Gasteiger partial charge in [0.2, 0.25) is 10.0 Å². The standard InChI is InChI=1S/C22H30N2O2S/c1-18(2)21-10-12-22(13-11-21)27(25,26)23-15-20-9-6-14-24(17-20)16-19-7-4-3-5-8-19/h3-5,7-8,10-13,18,20,23H,6,9,14-17H2,1-2H3. The molecular weight excluding hydrogens is 356 g/mol. The average molecular weight is 387 g/mol. The Morgan fingerprint density at radius 2 is 1.78 bits per heavy atom.